The number of rotatable bonds is 5. The van der Waals surface area contributed by atoms with Gasteiger partial charge in [-0.3, -0.25) is 0 Å². The predicted molar refractivity (Wildman–Crippen MR) is 81.4 cm³/mol. The largest absolute Gasteiger partial charge is 0.241 e. The van der Waals surface area contributed by atoms with Gasteiger partial charge < -0.3 is 0 Å². The van der Waals surface area contributed by atoms with Gasteiger partial charge in [0, 0.05) is 5.88 Å². The van der Waals surface area contributed by atoms with Gasteiger partial charge in [0.05, 0.1) is 10.9 Å². The van der Waals surface area contributed by atoms with Gasteiger partial charge in [-0.2, -0.15) is 0 Å². The van der Waals surface area contributed by atoms with Gasteiger partial charge in [-0.05, 0) is 24.6 Å². The van der Waals surface area contributed by atoms with Crippen molar-refractivity contribution in [3.63, 3.8) is 0 Å². The summed E-state index contributed by atoms with van der Waals surface area (Å²) in [7, 11) is -3.57. The van der Waals surface area contributed by atoms with Crippen LogP contribution in [0.5, 0.6) is 0 Å². The van der Waals surface area contributed by atoms with E-state index in [0.29, 0.717) is 0 Å². The van der Waals surface area contributed by atoms with Crippen molar-refractivity contribution >= 4 is 21.6 Å². The fourth-order valence-electron chi connectivity index (χ4n) is 1.85. The first-order chi connectivity index (χ1) is 9.53. The molecular formula is C15H16ClNO2S. The lowest BCUT2D eigenvalue weighted by molar-refractivity contribution is 0.568. The van der Waals surface area contributed by atoms with Crippen molar-refractivity contribution < 1.29 is 8.42 Å². The molecule has 0 unspecified atom stereocenters. The number of sulfonamides is 1. The van der Waals surface area contributed by atoms with Crippen LogP contribution in [-0.2, 0) is 10.0 Å². The fourth-order valence-corrected chi connectivity index (χ4v) is 3.42. The number of hydrogen-bond donors (Lipinski definition) is 1. The summed E-state index contributed by atoms with van der Waals surface area (Å²) in [6.45, 7) is 1.91. The number of nitrogens with one attached hydrogen (secondary N) is 1. The monoisotopic (exact) mass is 309 g/mol. The van der Waals surface area contributed by atoms with Crippen LogP contribution < -0.4 is 4.72 Å². The van der Waals surface area contributed by atoms with Crippen LogP contribution in [0.25, 0.3) is 0 Å². The van der Waals surface area contributed by atoms with Crippen molar-refractivity contribution in [2.45, 2.75) is 17.9 Å². The molecule has 0 amide bonds. The molecule has 0 aliphatic heterocycles. The predicted octanol–water partition coefficient (Wildman–Crippen LogP) is 3.25. The van der Waals surface area contributed by atoms with Gasteiger partial charge in [-0.25, -0.2) is 13.1 Å². The maximum absolute atomic E-state index is 12.3. The minimum atomic E-state index is -3.57. The van der Waals surface area contributed by atoms with Gasteiger partial charge in [-0.15, -0.1) is 11.6 Å². The SMILES string of the molecule is Cc1ccc(S(=O)(=O)N[C@H](CCl)c2ccccc2)cc1. The van der Waals surface area contributed by atoms with E-state index in [0.717, 1.165) is 11.1 Å². The Morgan fingerprint density at radius 2 is 1.65 bits per heavy atom. The standard InChI is InChI=1S/C15H16ClNO2S/c1-12-7-9-14(10-8-12)20(18,19)17-15(11-16)13-5-3-2-4-6-13/h2-10,15,17H,11H2,1H3/t15-/m1/s1. The summed E-state index contributed by atoms with van der Waals surface area (Å²) in [5.41, 5.74) is 1.86. The molecule has 0 spiro atoms. The Balaban J connectivity index is 2.24. The Hall–Kier alpha value is -1.36. The molecule has 0 heterocycles. The molecule has 3 nitrogen and oxygen atoms in total. The van der Waals surface area contributed by atoms with Gasteiger partial charge in [0.1, 0.15) is 0 Å². The lowest BCUT2D eigenvalue weighted by Crippen LogP contribution is -2.29. The molecule has 2 aromatic carbocycles. The summed E-state index contributed by atoms with van der Waals surface area (Å²) in [6, 6.07) is 15.6. The van der Waals surface area contributed by atoms with E-state index in [1.807, 2.05) is 37.3 Å². The Morgan fingerprint density at radius 1 is 1.05 bits per heavy atom. The quantitative estimate of drug-likeness (QED) is 0.862. The molecule has 0 bridgehead atoms. The summed E-state index contributed by atoms with van der Waals surface area (Å²) in [6.07, 6.45) is 0. The first-order valence-corrected chi connectivity index (χ1v) is 8.24. The molecule has 20 heavy (non-hydrogen) atoms. The first-order valence-electron chi connectivity index (χ1n) is 6.23. The second kappa shape index (κ2) is 6.39. The number of alkyl halides is 1. The third kappa shape index (κ3) is 3.60. The minimum Gasteiger partial charge on any atom is -0.207 e. The van der Waals surface area contributed by atoms with E-state index >= 15 is 0 Å². The fraction of sp³-hybridized carbons (Fsp3) is 0.200. The minimum absolute atomic E-state index is 0.176. The third-order valence-electron chi connectivity index (χ3n) is 2.98. The van der Waals surface area contributed by atoms with E-state index in [2.05, 4.69) is 4.72 Å². The molecule has 0 fully saturated rings. The zero-order chi connectivity index (χ0) is 14.6. The van der Waals surface area contributed by atoms with Crippen molar-refractivity contribution in [2.24, 2.45) is 0 Å². The van der Waals surface area contributed by atoms with Crippen LogP contribution >= 0.6 is 11.6 Å². The zero-order valence-corrected chi connectivity index (χ0v) is 12.7. The highest BCUT2D eigenvalue weighted by Gasteiger charge is 2.20. The molecule has 1 N–H and O–H groups in total. The van der Waals surface area contributed by atoms with Crippen LogP contribution in [0.3, 0.4) is 0 Å². The first kappa shape index (κ1) is 15.0. The number of halogens is 1. The van der Waals surface area contributed by atoms with Crippen molar-refractivity contribution in [3.05, 3.63) is 65.7 Å². The highest BCUT2D eigenvalue weighted by Crippen LogP contribution is 2.18. The summed E-state index contributed by atoms with van der Waals surface area (Å²) < 4.78 is 27.3. The number of aryl methyl sites for hydroxylation is 1. The van der Waals surface area contributed by atoms with E-state index in [9.17, 15) is 8.42 Å². The molecule has 5 heteroatoms. The van der Waals surface area contributed by atoms with Crippen LogP contribution in [0.1, 0.15) is 17.2 Å². The summed E-state index contributed by atoms with van der Waals surface area (Å²) >= 11 is 5.89. The molecule has 0 aromatic heterocycles. The summed E-state index contributed by atoms with van der Waals surface area (Å²) in [5, 5.41) is 0. The lowest BCUT2D eigenvalue weighted by Gasteiger charge is -2.16. The Kier molecular flexibility index (Phi) is 4.81. The summed E-state index contributed by atoms with van der Waals surface area (Å²) in [4.78, 5) is 0.245. The average molecular weight is 310 g/mol. The van der Waals surface area contributed by atoms with Crippen molar-refractivity contribution in [1.29, 1.82) is 0 Å². The van der Waals surface area contributed by atoms with Gasteiger partial charge >= 0.3 is 0 Å². The highest BCUT2D eigenvalue weighted by molar-refractivity contribution is 7.89. The maximum Gasteiger partial charge on any atom is 0.241 e. The lowest BCUT2D eigenvalue weighted by atomic mass is 10.1. The van der Waals surface area contributed by atoms with Gasteiger partial charge in [0.15, 0.2) is 0 Å². The Morgan fingerprint density at radius 3 is 2.20 bits per heavy atom. The highest BCUT2D eigenvalue weighted by atomic mass is 35.5. The molecule has 0 aliphatic rings. The topological polar surface area (TPSA) is 46.2 Å². The Labute approximate surface area is 124 Å². The maximum atomic E-state index is 12.3. The molecule has 1 atom stereocenters. The van der Waals surface area contributed by atoms with E-state index in [-0.39, 0.29) is 10.8 Å². The Bertz CT molecular complexity index is 654. The second-order valence-electron chi connectivity index (χ2n) is 4.55. The molecule has 106 valence electrons. The van der Waals surface area contributed by atoms with E-state index < -0.39 is 16.1 Å². The second-order valence-corrected chi connectivity index (χ2v) is 6.57. The van der Waals surface area contributed by atoms with Crippen LogP contribution in [0.15, 0.2) is 59.5 Å². The van der Waals surface area contributed by atoms with Crippen LogP contribution in [0, 0.1) is 6.92 Å². The van der Waals surface area contributed by atoms with E-state index in [1.165, 1.54) is 0 Å². The van der Waals surface area contributed by atoms with Crippen LogP contribution in [0.2, 0.25) is 0 Å². The molecule has 0 radical (unpaired) electrons. The van der Waals surface area contributed by atoms with Gasteiger partial charge in [0.25, 0.3) is 0 Å². The smallest absolute Gasteiger partial charge is 0.207 e. The molecule has 0 saturated heterocycles. The summed E-state index contributed by atoms with van der Waals surface area (Å²) in [5.74, 6) is 0.176. The van der Waals surface area contributed by atoms with Crippen LogP contribution in [0.4, 0.5) is 0 Å². The molecular weight excluding hydrogens is 294 g/mol. The molecule has 2 aromatic rings. The van der Waals surface area contributed by atoms with Crippen LogP contribution in [-0.4, -0.2) is 14.3 Å². The number of hydrogen-bond acceptors (Lipinski definition) is 2. The number of benzene rings is 2. The average Bonchev–Trinajstić information content (AvgIpc) is 2.46. The third-order valence-corrected chi connectivity index (χ3v) is 4.78. The molecule has 0 aliphatic carbocycles. The normalized spacial score (nSPS) is 13.1. The van der Waals surface area contributed by atoms with E-state index in [1.54, 1.807) is 24.3 Å². The van der Waals surface area contributed by atoms with Crippen molar-refractivity contribution in [1.82, 2.24) is 4.72 Å². The van der Waals surface area contributed by atoms with Gasteiger partial charge in [0.2, 0.25) is 10.0 Å². The zero-order valence-electron chi connectivity index (χ0n) is 11.1. The van der Waals surface area contributed by atoms with Crippen molar-refractivity contribution in [2.75, 3.05) is 5.88 Å². The molecule has 0 saturated carbocycles. The van der Waals surface area contributed by atoms with Gasteiger partial charge in [-0.1, -0.05) is 48.0 Å². The molecule has 2 rings (SSSR count). The van der Waals surface area contributed by atoms with E-state index in [4.69, 9.17) is 11.6 Å². The van der Waals surface area contributed by atoms with Crippen molar-refractivity contribution in [3.8, 4) is 0 Å².